The summed E-state index contributed by atoms with van der Waals surface area (Å²) in [6.45, 7) is 2.13. The molecule has 0 saturated carbocycles. The highest BCUT2D eigenvalue weighted by atomic mass is 16.1. The summed E-state index contributed by atoms with van der Waals surface area (Å²) >= 11 is 0. The van der Waals surface area contributed by atoms with E-state index in [-0.39, 0.29) is 5.56 Å². The lowest BCUT2D eigenvalue weighted by molar-refractivity contribution is 0.905. The Hall–Kier alpha value is -1.57. The lowest BCUT2D eigenvalue weighted by atomic mass is 10.1. The Morgan fingerprint density at radius 3 is 2.71 bits per heavy atom. The minimum absolute atomic E-state index is 0.0433. The summed E-state index contributed by atoms with van der Waals surface area (Å²) in [4.78, 5) is 11.4. The molecule has 0 amide bonds. The van der Waals surface area contributed by atoms with Crippen molar-refractivity contribution in [3.05, 3.63) is 46.2 Å². The van der Waals surface area contributed by atoms with Crippen LogP contribution >= 0.6 is 0 Å². The molecule has 0 fully saturated rings. The first kappa shape index (κ1) is 9.00. The highest BCUT2D eigenvalue weighted by Crippen LogP contribution is 2.13. The molecule has 2 heteroatoms. The second-order valence-corrected chi connectivity index (χ2v) is 3.48. The van der Waals surface area contributed by atoms with Gasteiger partial charge in [-0.3, -0.25) is 4.79 Å². The fourth-order valence-corrected chi connectivity index (χ4v) is 1.65. The van der Waals surface area contributed by atoms with E-state index in [1.165, 1.54) is 5.56 Å². The lowest BCUT2D eigenvalue weighted by Gasteiger charge is -2.05. The van der Waals surface area contributed by atoms with Crippen molar-refractivity contribution in [2.45, 2.75) is 13.3 Å². The van der Waals surface area contributed by atoms with E-state index in [1.54, 1.807) is 17.7 Å². The van der Waals surface area contributed by atoms with Crippen LogP contribution < -0.4 is 5.56 Å². The number of aromatic nitrogens is 1. The Kier molecular flexibility index (Phi) is 2.12. The molecule has 0 spiro atoms. The maximum atomic E-state index is 11.4. The summed E-state index contributed by atoms with van der Waals surface area (Å²) in [6, 6.07) is 9.71. The van der Waals surface area contributed by atoms with Gasteiger partial charge in [-0.1, -0.05) is 13.0 Å². The molecule has 0 aliphatic rings. The normalized spacial score (nSPS) is 10.7. The zero-order valence-electron chi connectivity index (χ0n) is 8.45. The van der Waals surface area contributed by atoms with E-state index in [9.17, 15) is 4.79 Å². The van der Waals surface area contributed by atoms with Gasteiger partial charge in [0.1, 0.15) is 0 Å². The summed E-state index contributed by atoms with van der Waals surface area (Å²) < 4.78 is 1.68. The van der Waals surface area contributed by atoms with Crippen LogP contribution in [0.1, 0.15) is 12.5 Å². The molecule has 72 valence electrons. The fourth-order valence-electron chi connectivity index (χ4n) is 1.65. The van der Waals surface area contributed by atoms with E-state index < -0.39 is 0 Å². The summed E-state index contributed by atoms with van der Waals surface area (Å²) in [5.74, 6) is 0. The van der Waals surface area contributed by atoms with Crippen LogP contribution in [0.15, 0.2) is 35.1 Å². The Bertz CT molecular complexity index is 525. The summed E-state index contributed by atoms with van der Waals surface area (Å²) in [7, 11) is 1.80. The van der Waals surface area contributed by atoms with Gasteiger partial charge in [-0.05, 0) is 35.6 Å². The van der Waals surface area contributed by atoms with Crippen molar-refractivity contribution in [2.75, 3.05) is 0 Å². The summed E-state index contributed by atoms with van der Waals surface area (Å²) in [5, 5.41) is 1.13. The van der Waals surface area contributed by atoms with Crippen LogP contribution in [0.5, 0.6) is 0 Å². The van der Waals surface area contributed by atoms with Gasteiger partial charge in [0.25, 0.3) is 5.56 Å². The molecule has 1 heterocycles. The standard InChI is InChI=1S/C12H13NO/c1-3-9-4-6-11-10(8-9)5-7-12(14)13(11)2/h4-8H,3H2,1-2H3. The highest BCUT2D eigenvalue weighted by molar-refractivity contribution is 5.79. The van der Waals surface area contributed by atoms with Crippen LogP contribution in [0.4, 0.5) is 0 Å². The van der Waals surface area contributed by atoms with Crippen molar-refractivity contribution in [3.8, 4) is 0 Å². The third-order valence-electron chi connectivity index (χ3n) is 2.60. The molecular weight excluding hydrogens is 174 g/mol. The topological polar surface area (TPSA) is 22.0 Å². The molecule has 0 saturated heterocycles. The lowest BCUT2D eigenvalue weighted by Crippen LogP contribution is -2.14. The fraction of sp³-hybridized carbons (Fsp3) is 0.250. The molecule has 2 aromatic rings. The van der Waals surface area contributed by atoms with Gasteiger partial charge in [-0.15, -0.1) is 0 Å². The largest absolute Gasteiger partial charge is 0.311 e. The smallest absolute Gasteiger partial charge is 0.250 e. The average molecular weight is 187 g/mol. The summed E-state index contributed by atoms with van der Waals surface area (Å²) in [6.07, 6.45) is 1.03. The predicted octanol–water partition coefficient (Wildman–Crippen LogP) is 2.10. The van der Waals surface area contributed by atoms with E-state index >= 15 is 0 Å². The number of hydrogen-bond acceptors (Lipinski definition) is 1. The van der Waals surface area contributed by atoms with Crippen LogP contribution in [0, 0.1) is 0 Å². The van der Waals surface area contributed by atoms with Gasteiger partial charge in [0.2, 0.25) is 0 Å². The zero-order chi connectivity index (χ0) is 10.1. The Morgan fingerprint density at radius 2 is 2.00 bits per heavy atom. The number of pyridine rings is 1. The van der Waals surface area contributed by atoms with Crippen LogP contribution in [0.25, 0.3) is 10.9 Å². The van der Waals surface area contributed by atoms with Crippen molar-refractivity contribution >= 4 is 10.9 Å². The van der Waals surface area contributed by atoms with E-state index in [2.05, 4.69) is 19.1 Å². The van der Waals surface area contributed by atoms with Crippen LogP contribution in [-0.2, 0) is 13.5 Å². The number of fused-ring (bicyclic) bond motifs is 1. The van der Waals surface area contributed by atoms with Gasteiger partial charge in [0.15, 0.2) is 0 Å². The Balaban J connectivity index is 2.81. The van der Waals surface area contributed by atoms with Crippen molar-refractivity contribution in [1.82, 2.24) is 4.57 Å². The van der Waals surface area contributed by atoms with Crippen molar-refractivity contribution in [1.29, 1.82) is 0 Å². The van der Waals surface area contributed by atoms with E-state index in [0.717, 1.165) is 17.3 Å². The minimum Gasteiger partial charge on any atom is -0.311 e. The highest BCUT2D eigenvalue weighted by Gasteiger charge is 1.99. The SMILES string of the molecule is CCc1ccc2c(ccc(=O)n2C)c1. The van der Waals surface area contributed by atoms with Crippen molar-refractivity contribution < 1.29 is 0 Å². The van der Waals surface area contributed by atoms with Gasteiger partial charge < -0.3 is 4.57 Å². The van der Waals surface area contributed by atoms with E-state index in [0.29, 0.717) is 0 Å². The second-order valence-electron chi connectivity index (χ2n) is 3.48. The van der Waals surface area contributed by atoms with Crippen molar-refractivity contribution in [2.24, 2.45) is 7.05 Å². The van der Waals surface area contributed by atoms with Gasteiger partial charge in [-0.25, -0.2) is 0 Å². The second kappa shape index (κ2) is 3.29. The van der Waals surface area contributed by atoms with Crippen LogP contribution in [0.3, 0.4) is 0 Å². The van der Waals surface area contributed by atoms with Crippen LogP contribution in [0.2, 0.25) is 0 Å². The number of hydrogen-bond donors (Lipinski definition) is 0. The predicted molar refractivity (Wildman–Crippen MR) is 58.6 cm³/mol. The molecule has 14 heavy (non-hydrogen) atoms. The first-order valence-electron chi connectivity index (χ1n) is 4.81. The zero-order valence-corrected chi connectivity index (χ0v) is 8.45. The maximum absolute atomic E-state index is 11.4. The molecule has 0 aliphatic carbocycles. The van der Waals surface area contributed by atoms with Crippen LogP contribution in [-0.4, -0.2) is 4.57 Å². The third-order valence-corrected chi connectivity index (χ3v) is 2.60. The first-order chi connectivity index (χ1) is 6.72. The number of nitrogens with zero attached hydrogens (tertiary/aromatic N) is 1. The molecule has 0 aliphatic heterocycles. The quantitative estimate of drug-likeness (QED) is 0.670. The third kappa shape index (κ3) is 1.33. The number of benzene rings is 1. The maximum Gasteiger partial charge on any atom is 0.250 e. The van der Waals surface area contributed by atoms with Gasteiger partial charge >= 0.3 is 0 Å². The molecular formula is C12H13NO. The molecule has 0 atom stereocenters. The van der Waals surface area contributed by atoms with Gasteiger partial charge in [0, 0.05) is 13.1 Å². The molecule has 1 aromatic heterocycles. The molecule has 0 unspecified atom stereocenters. The molecule has 0 N–H and O–H groups in total. The first-order valence-corrected chi connectivity index (χ1v) is 4.81. The molecule has 2 rings (SSSR count). The van der Waals surface area contributed by atoms with Gasteiger partial charge in [-0.2, -0.15) is 0 Å². The summed E-state index contributed by atoms with van der Waals surface area (Å²) in [5.41, 5.74) is 2.34. The van der Waals surface area contributed by atoms with E-state index in [4.69, 9.17) is 0 Å². The Morgan fingerprint density at radius 1 is 1.21 bits per heavy atom. The number of aryl methyl sites for hydroxylation is 2. The molecule has 0 radical (unpaired) electrons. The number of rotatable bonds is 1. The molecule has 1 aromatic carbocycles. The monoisotopic (exact) mass is 187 g/mol. The van der Waals surface area contributed by atoms with Gasteiger partial charge in [0.05, 0.1) is 5.52 Å². The molecule has 2 nitrogen and oxygen atoms in total. The average Bonchev–Trinajstić information content (AvgIpc) is 2.23. The molecule has 0 bridgehead atoms. The Labute approximate surface area is 82.8 Å². The van der Waals surface area contributed by atoms with E-state index in [1.807, 2.05) is 12.1 Å². The van der Waals surface area contributed by atoms with Crippen molar-refractivity contribution in [3.63, 3.8) is 0 Å². The minimum atomic E-state index is 0.0433.